The summed E-state index contributed by atoms with van der Waals surface area (Å²) < 4.78 is 12.3. The van der Waals surface area contributed by atoms with E-state index in [4.69, 9.17) is 21.1 Å². The molecule has 0 spiro atoms. The van der Waals surface area contributed by atoms with Gasteiger partial charge in [-0.05, 0) is 11.6 Å². The van der Waals surface area contributed by atoms with Gasteiger partial charge >= 0.3 is 0 Å². The molecule has 1 amide bonds. The molecular formula is C16H19ClN2O3. The first-order valence-electron chi connectivity index (χ1n) is 6.80. The van der Waals surface area contributed by atoms with Crippen molar-refractivity contribution in [3.8, 4) is 0 Å². The number of ether oxygens (including phenoxy) is 2. The highest BCUT2D eigenvalue weighted by molar-refractivity contribution is 6.31. The van der Waals surface area contributed by atoms with E-state index in [0.29, 0.717) is 10.7 Å². The van der Waals surface area contributed by atoms with E-state index in [1.807, 2.05) is 30.3 Å². The van der Waals surface area contributed by atoms with Gasteiger partial charge in [-0.15, -0.1) is 0 Å². The number of carbonyl (C=O) groups is 1. The third-order valence-electron chi connectivity index (χ3n) is 3.39. The first kappa shape index (κ1) is 16.5. The van der Waals surface area contributed by atoms with Gasteiger partial charge in [0.15, 0.2) is 6.29 Å². The van der Waals surface area contributed by atoms with Crippen LogP contribution in [-0.2, 0) is 16.5 Å². The van der Waals surface area contributed by atoms with Gasteiger partial charge in [0, 0.05) is 27.5 Å². The number of amides is 1. The number of nitrogens with one attached hydrogen (secondary N) is 1. The molecule has 1 aromatic carbocycles. The summed E-state index contributed by atoms with van der Waals surface area (Å²) >= 11 is 5.93. The molecule has 2 rings (SSSR count). The maximum Gasteiger partial charge on any atom is 0.268 e. The Morgan fingerprint density at radius 1 is 1.23 bits per heavy atom. The molecule has 0 aliphatic rings. The molecule has 0 saturated heterocycles. The summed E-state index contributed by atoms with van der Waals surface area (Å²) in [6, 6.07) is 10.7. The Bertz CT molecular complexity index is 624. The van der Waals surface area contributed by atoms with Crippen molar-refractivity contribution >= 4 is 17.5 Å². The number of benzene rings is 1. The van der Waals surface area contributed by atoms with Crippen molar-refractivity contribution in [1.29, 1.82) is 0 Å². The number of hydrogen-bond acceptors (Lipinski definition) is 3. The van der Waals surface area contributed by atoms with E-state index in [1.165, 1.54) is 14.2 Å². The average Bonchev–Trinajstić information content (AvgIpc) is 2.87. The number of aryl methyl sites for hydroxylation is 1. The molecule has 0 aliphatic heterocycles. The lowest BCUT2D eigenvalue weighted by molar-refractivity contribution is -0.122. The van der Waals surface area contributed by atoms with Crippen molar-refractivity contribution in [3.63, 3.8) is 0 Å². The van der Waals surface area contributed by atoms with E-state index in [9.17, 15) is 4.79 Å². The predicted octanol–water partition coefficient (Wildman–Crippen LogP) is 2.77. The molecule has 1 atom stereocenters. The van der Waals surface area contributed by atoms with E-state index < -0.39 is 12.3 Å². The maximum absolute atomic E-state index is 12.5. The molecule has 0 unspecified atom stereocenters. The van der Waals surface area contributed by atoms with Crippen LogP contribution in [0.25, 0.3) is 0 Å². The molecule has 5 nitrogen and oxygen atoms in total. The van der Waals surface area contributed by atoms with Gasteiger partial charge in [-0.2, -0.15) is 0 Å². The fourth-order valence-corrected chi connectivity index (χ4v) is 2.55. The first-order chi connectivity index (χ1) is 10.6. The number of halogens is 1. The molecule has 22 heavy (non-hydrogen) atoms. The lowest BCUT2D eigenvalue weighted by atomic mass is 10.1. The first-order valence-corrected chi connectivity index (χ1v) is 7.18. The smallest absolute Gasteiger partial charge is 0.268 e. The van der Waals surface area contributed by atoms with Crippen LogP contribution in [0, 0.1) is 0 Å². The van der Waals surface area contributed by atoms with E-state index in [1.54, 1.807) is 23.9 Å². The Morgan fingerprint density at radius 2 is 1.86 bits per heavy atom. The number of methoxy groups -OCH3 is 2. The minimum Gasteiger partial charge on any atom is -0.353 e. The summed E-state index contributed by atoms with van der Waals surface area (Å²) in [5, 5.41) is 3.45. The van der Waals surface area contributed by atoms with Gasteiger partial charge in [0.05, 0.1) is 5.02 Å². The second-order valence-electron chi connectivity index (χ2n) is 4.86. The monoisotopic (exact) mass is 322 g/mol. The van der Waals surface area contributed by atoms with Crippen LogP contribution in [0.1, 0.15) is 22.1 Å². The molecule has 0 saturated carbocycles. The minimum atomic E-state index is -0.595. The number of aromatic nitrogens is 1. The summed E-state index contributed by atoms with van der Waals surface area (Å²) in [5.74, 6) is -0.248. The van der Waals surface area contributed by atoms with E-state index in [0.717, 1.165) is 5.56 Å². The Kier molecular flexibility index (Phi) is 5.60. The fourth-order valence-electron chi connectivity index (χ4n) is 2.30. The SMILES string of the molecule is COC(OC)[C@H](NC(=O)c1cc(Cl)cn1C)c1ccccc1. The second-order valence-corrected chi connectivity index (χ2v) is 5.29. The van der Waals surface area contributed by atoms with Crippen molar-refractivity contribution in [2.45, 2.75) is 12.3 Å². The Morgan fingerprint density at radius 3 is 2.36 bits per heavy atom. The number of rotatable bonds is 6. The van der Waals surface area contributed by atoms with Crippen molar-refractivity contribution in [3.05, 3.63) is 58.9 Å². The van der Waals surface area contributed by atoms with Gasteiger partial charge in [0.2, 0.25) is 0 Å². The lowest BCUT2D eigenvalue weighted by Crippen LogP contribution is -2.38. The van der Waals surface area contributed by atoms with Crippen LogP contribution in [0.3, 0.4) is 0 Å². The van der Waals surface area contributed by atoms with Gasteiger partial charge < -0.3 is 19.4 Å². The quantitative estimate of drug-likeness (QED) is 0.832. The van der Waals surface area contributed by atoms with Crippen LogP contribution in [-0.4, -0.2) is 31.0 Å². The lowest BCUT2D eigenvalue weighted by Gasteiger charge is -2.26. The maximum atomic E-state index is 12.5. The highest BCUT2D eigenvalue weighted by atomic mass is 35.5. The molecule has 1 N–H and O–H groups in total. The van der Waals surface area contributed by atoms with Crippen molar-refractivity contribution < 1.29 is 14.3 Å². The average molecular weight is 323 g/mol. The highest BCUT2D eigenvalue weighted by Crippen LogP contribution is 2.21. The van der Waals surface area contributed by atoms with Gasteiger partial charge in [0.1, 0.15) is 11.7 Å². The Hall–Kier alpha value is -1.82. The van der Waals surface area contributed by atoms with E-state index in [2.05, 4.69) is 5.32 Å². The van der Waals surface area contributed by atoms with E-state index >= 15 is 0 Å². The zero-order valence-corrected chi connectivity index (χ0v) is 13.5. The van der Waals surface area contributed by atoms with Gasteiger partial charge in [-0.3, -0.25) is 4.79 Å². The third kappa shape index (κ3) is 3.68. The summed E-state index contributed by atoms with van der Waals surface area (Å²) in [4.78, 5) is 12.5. The molecule has 0 bridgehead atoms. The second kappa shape index (κ2) is 7.45. The van der Waals surface area contributed by atoms with Crippen LogP contribution in [0.5, 0.6) is 0 Å². The summed E-state index contributed by atoms with van der Waals surface area (Å²) in [6.07, 6.45) is 1.08. The minimum absolute atomic E-state index is 0.248. The zero-order chi connectivity index (χ0) is 16.1. The molecule has 0 radical (unpaired) electrons. The van der Waals surface area contributed by atoms with Crippen molar-refractivity contribution in [2.75, 3.05) is 14.2 Å². The number of hydrogen-bond donors (Lipinski definition) is 1. The van der Waals surface area contributed by atoms with Crippen LogP contribution in [0.4, 0.5) is 0 Å². The Balaban J connectivity index is 2.26. The summed E-state index contributed by atoms with van der Waals surface area (Å²) in [6.45, 7) is 0. The van der Waals surface area contributed by atoms with Crippen LogP contribution < -0.4 is 5.32 Å². The predicted molar refractivity (Wildman–Crippen MR) is 84.9 cm³/mol. The standard InChI is InChI=1S/C16H19ClN2O3/c1-19-10-12(17)9-13(19)15(20)18-14(16(21-2)22-3)11-7-5-4-6-8-11/h4-10,14,16H,1-3H3,(H,18,20)/t14-/m1/s1. The van der Waals surface area contributed by atoms with E-state index in [-0.39, 0.29) is 5.91 Å². The molecular weight excluding hydrogens is 304 g/mol. The third-order valence-corrected chi connectivity index (χ3v) is 3.59. The fraction of sp³-hybridized carbons (Fsp3) is 0.312. The van der Waals surface area contributed by atoms with Crippen LogP contribution in [0.15, 0.2) is 42.6 Å². The highest BCUT2D eigenvalue weighted by Gasteiger charge is 2.26. The molecule has 118 valence electrons. The van der Waals surface area contributed by atoms with Gasteiger partial charge in [-0.1, -0.05) is 41.9 Å². The molecule has 0 fully saturated rings. The van der Waals surface area contributed by atoms with Crippen LogP contribution in [0.2, 0.25) is 5.02 Å². The summed E-state index contributed by atoms with van der Waals surface area (Å²) in [7, 11) is 4.84. The normalized spacial score (nSPS) is 12.4. The summed E-state index contributed by atoms with van der Waals surface area (Å²) in [5.41, 5.74) is 1.36. The van der Waals surface area contributed by atoms with Gasteiger partial charge in [0.25, 0.3) is 5.91 Å². The van der Waals surface area contributed by atoms with Gasteiger partial charge in [-0.25, -0.2) is 0 Å². The molecule has 1 heterocycles. The Labute approximate surface area is 134 Å². The zero-order valence-electron chi connectivity index (χ0n) is 12.7. The topological polar surface area (TPSA) is 52.5 Å². The number of carbonyl (C=O) groups excluding carboxylic acids is 1. The molecule has 1 aromatic heterocycles. The van der Waals surface area contributed by atoms with Crippen molar-refractivity contribution in [1.82, 2.24) is 9.88 Å². The number of nitrogens with zero attached hydrogens (tertiary/aromatic N) is 1. The molecule has 0 aliphatic carbocycles. The largest absolute Gasteiger partial charge is 0.353 e. The van der Waals surface area contributed by atoms with Crippen molar-refractivity contribution in [2.24, 2.45) is 7.05 Å². The molecule has 2 aromatic rings. The molecule has 6 heteroatoms. The van der Waals surface area contributed by atoms with Crippen LogP contribution >= 0.6 is 11.6 Å².